The second-order valence-electron chi connectivity index (χ2n) is 3.57. The second-order valence-corrected chi connectivity index (χ2v) is 3.57. The third kappa shape index (κ3) is 2.11. The molecule has 0 bridgehead atoms. The maximum Gasteiger partial charge on any atom is 0.274 e. The number of ether oxygens (including phenoxy) is 1. The zero-order valence-corrected chi connectivity index (χ0v) is 9.05. The van der Waals surface area contributed by atoms with Crippen molar-refractivity contribution in [1.82, 2.24) is 14.7 Å². The summed E-state index contributed by atoms with van der Waals surface area (Å²) in [7, 11) is 0. The first-order valence-corrected chi connectivity index (χ1v) is 5.12. The molecule has 2 rings (SSSR count). The van der Waals surface area contributed by atoms with Gasteiger partial charge in [0.1, 0.15) is 0 Å². The van der Waals surface area contributed by atoms with Crippen LogP contribution >= 0.6 is 0 Å². The van der Waals surface area contributed by atoms with Crippen LogP contribution in [-0.4, -0.2) is 52.8 Å². The van der Waals surface area contributed by atoms with Crippen LogP contribution in [0, 0.1) is 0 Å². The van der Waals surface area contributed by atoms with Crippen molar-refractivity contribution < 1.29 is 14.3 Å². The third-order valence-electron chi connectivity index (χ3n) is 2.43. The van der Waals surface area contributed by atoms with E-state index in [2.05, 4.69) is 5.10 Å². The summed E-state index contributed by atoms with van der Waals surface area (Å²) < 4.78 is 6.32. The Hall–Kier alpha value is -1.69. The zero-order chi connectivity index (χ0) is 11.5. The Kier molecular flexibility index (Phi) is 3.00. The van der Waals surface area contributed by atoms with Crippen LogP contribution in [-0.2, 0) is 4.74 Å². The Morgan fingerprint density at radius 1 is 1.38 bits per heavy atom. The van der Waals surface area contributed by atoms with Crippen LogP contribution in [0.2, 0.25) is 0 Å². The van der Waals surface area contributed by atoms with Gasteiger partial charge in [-0.3, -0.25) is 9.59 Å². The van der Waals surface area contributed by atoms with Crippen LogP contribution in [0.1, 0.15) is 22.2 Å². The van der Waals surface area contributed by atoms with Crippen LogP contribution in [0.4, 0.5) is 0 Å². The molecule has 1 fully saturated rings. The van der Waals surface area contributed by atoms with E-state index in [0.717, 1.165) is 4.68 Å². The first-order valence-electron chi connectivity index (χ1n) is 5.12. The molecule has 0 aliphatic carbocycles. The van der Waals surface area contributed by atoms with E-state index < -0.39 is 0 Å². The van der Waals surface area contributed by atoms with Crippen molar-refractivity contribution in [1.29, 1.82) is 0 Å². The molecule has 0 spiro atoms. The average molecular weight is 223 g/mol. The van der Waals surface area contributed by atoms with Crippen molar-refractivity contribution in [2.75, 3.05) is 26.3 Å². The Morgan fingerprint density at radius 2 is 2.06 bits per heavy atom. The Morgan fingerprint density at radius 3 is 2.62 bits per heavy atom. The van der Waals surface area contributed by atoms with E-state index in [1.54, 1.807) is 11.0 Å². The molecule has 0 saturated carbocycles. The summed E-state index contributed by atoms with van der Waals surface area (Å²) in [5.41, 5.74) is 0.303. The van der Waals surface area contributed by atoms with Gasteiger partial charge < -0.3 is 9.64 Å². The lowest BCUT2D eigenvalue weighted by Crippen LogP contribution is -2.40. The monoisotopic (exact) mass is 223 g/mol. The van der Waals surface area contributed by atoms with Gasteiger partial charge in [-0.2, -0.15) is 5.10 Å². The summed E-state index contributed by atoms with van der Waals surface area (Å²) in [6, 6.07) is 1.55. The van der Waals surface area contributed by atoms with Gasteiger partial charge in [0.2, 0.25) is 5.91 Å². The quantitative estimate of drug-likeness (QED) is 0.673. The van der Waals surface area contributed by atoms with Crippen LogP contribution in [0.5, 0.6) is 0 Å². The van der Waals surface area contributed by atoms with Gasteiger partial charge in [-0.05, 0) is 6.07 Å². The van der Waals surface area contributed by atoms with Crippen LogP contribution in [0.3, 0.4) is 0 Å². The lowest BCUT2D eigenvalue weighted by atomic mass is 10.3. The van der Waals surface area contributed by atoms with Gasteiger partial charge in [0.15, 0.2) is 5.69 Å². The normalized spacial score (nSPS) is 16.2. The number of rotatable bonds is 1. The average Bonchev–Trinajstić information content (AvgIpc) is 2.78. The minimum absolute atomic E-state index is 0.150. The first kappa shape index (κ1) is 10.8. The molecule has 0 aromatic carbocycles. The number of carbonyl (C=O) groups excluding carboxylic acids is 2. The van der Waals surface area contributed by atoms with E-state index in [1.165, 1.54) is 13.1 Å². The summed E-state index contributed by atoms with van der Waals surface area (Å²) in [5.74, 6) is -0.357. The van der Waals surface area contributed by atoms with Crippen LogP contribution < -0.4 is 0 Å². The molecule has 0 radical (unpaired) electrons. The van der Waals surface area contributed by atoms with Crippen molar-refractivity contribution in [3.8, 4) is 0 Å². The number of hydrogen-bond donors (Lipinski definition) is 0. The first-order chi connectivity index (χ1) is 7.68. The number of aromatic nitrogens is 2. The molecule has 1 saturated heterocycles. The van der Waals surface area contributed by atoms with E-state index in [1.807, 2.05) is 0 Å². The van der Waals surface area contributed by atoms with Gasteiger partial charge >= 0.3 is 0 Å². The summed E-state index contributed by atoms with van der Waals surface area (Å²) in [5, 5.41) is 3.92. The fraction of sp³-hybridized carbons (Fsp3) is 0.500. The molecular weight excluding hydrogens is 210 g/mol. The molecule has 1 aliphatic heterocycles. The highest BCUT2D eigenvalue weighted by molar-refractivity contribution is 5.92. The maximum absolute atomic E-state index is 11.9. The molecule has 1 amide bonds. The molecule has 1 aromatic heterocycles. The van der Waals surface area contributed by atoms with E-state index in [9.17, 15) is 9.59 Å². The molecule has 6 nitrogen and oxygen atoms in total. The highest BCUT2D eigenvalue weighted by atomic mass is 16.5. The minimum atomic E-state index is -0.207. The van der Waals surface area contributed by atoms with Gasteiger partial charge in [0.25, 0.3) is 5.91 Å². The molecule has 1 aromatic rings. The fourth-order valence-electron chi connectivity index (χ4n) is 1.54. The molecule has 16 heavy (non-hydrogen) atoms. The molecular formula is C10H13N3O3. The highest BCUT2D eigenvalue weighted by Crippen LogP contribution is 2.05. The van der Waals surface area contributed by atoms with Crippen molar-refractivity contribution in [2.45, 2.75) is 6.92 Å². The fourth-order valence-corrected chi connectivity index (χ4v) is 1.54. The SMILES string of the molecule is CC(=O)n1ccc(C(=O)N2CCOCC2)n1. The van der Waals surface area contributed by atoms with Crippen molar-refractivity contribution in [3.63, 3.8) is 0 Å². The Bertz CT molecular complexity index is 407. The molecule has 0 N–H and O–H groups in total. The molecule has 6 heteroatoms. The second kappa shape index (κ2) is 4.44. The molecule has 1 aliphatic rings. The third-order valence-corrected chi connectivity index (χ3v) is 2.43. The Balaban J connectivity index is 2.10. The molecule has 0 atom stereocenters. The number of nitrogens with zero attached hydrogens (tertiary/aromatic N) is 3. The van der Waals surface area contributed by atoms with Crippen molar-refractivity contribution >= 4 is 11.8 Å². The summed E-state index contributed by atoms with van der Waals surface area (Å²) in [6.07, 6.45) is 1.50. The topological polar surface area (TPSA) is 64.4 Å². The number of carbonyl (C=O) groups is 2. The molecule has 2 heterocycles. The predicted molar refractivity (Wildman–Crippen MR) is 55.3 cm³/mol. The smallest absolute Gasteiger partial charge is 0.274 e. The van der Waals surface area contributed by atoms with Crippen LogP contribution in [0.25, 0.3) is 0 Å². The molecule has 86 valence electrons. The number of hydrogen-bond acceptors (Lipinski definition) is 4. The van der Waals surface area contributed by atoms with Crippen molar-refractivity contribution in [2.24, 2.45) is 0 Å². The van der Waals surface area contributed by atoms with E-state index in [0.29, 0.717) is 32.0 Å². The summed E-state index contributed by atoms with van der Waals surface area (Å²) in [4.78, 5) is 24.6. The lowest BCUT2D eigenvalue weighted by molar-refractivity contribution is 0.0298. The highest BCUT2D eigenvalue weighted by Gasteiger charge is 2.20. The number of morpholine rings is 1. The molecule has 0 unspecified atom stereocenters. The standard InChI is InChI=1S/C10H13N3O3/c1-8(14)13-3-2-9(11-13)10(15)12-4-6-16-7-5-12/h2-3H,4-7H2,1H3. The van der Waals surface area contributed by atoms with Gasteiger partial charge in [0, 0.05) is 26.2 Å². The summed E-state index contributed by atoms with van der Waals surface area (Å²) in [6.45, 7) is 3.66. The maximum atomic E-state index is 11.9. The van der Waals surface area contributed by atoms with E-state index in [-0.39, 0.29) is 11.8 Å². The van der Waals surface area contributed by atoms with Gasteiger partial charge in [-0.15, -0.1) is 0 Å². The largest absolute Gasteiger partial charge is 0.378 e. The Labute approximate surface area is 92.8 Å². The van der Waals surface area contributed by atoms with Gasteiger partial charge in [-0.1, -0.05) is 0 Å². The summed E-state index contributed by atoms with van der Waals surface area (Å²) >= 11 is 0. The van der Waals surface area contributed by atoms with Crippen LogP contribution in [0.15, 0.2) is 12.3 Å². The van der Waals surface area contributed by atoms with E-state index >= 15 is 0 Å². The lowest BCUT2D eigenvalue weighted by Gasteiger charge is -2.25. The predicted octanol–water partition coefficient (Wildman–Crippen LogP) is 0.0156. The zero-order valence-electron chi connectivity index (χ0n) is 9.05. The van der Waals surface area contributed by atoms with Gasteiger partial charge in [0.05, 0.1) is 13.2 Å². The minimum Gasteiger partial charge on any atom is -0.378 e. The van der Waals surface area contributed by atoms with Gasteiger partial charge in [-0.25, -0.2) is 4.68 Å². The van der Waals surface area contributed by atoms with E-state index in [4.69, 9.17) is 4.74 Å². The number of amides is 1. The van der Waals surface area contributed by atoms with Crippen molar-refractivity contribution in [3.05, 3.63) is 18.0 Å².